The zero-order valence-corrected chi connectivity index (χ0v) is 10.6. The third-order valence-electron chi connectivity index (χ3n) is 2.81. The summed E-state index contributed by atoms with van der Waals surface area (Å²) in [7, 11) is 0. The SMILES string of the molecule is Cc1cc2c(cc1-c1ncsc1C#N)OCCO2. The molecule has 0 saturated carbocycles. The minimum absolute atomic E-state index is 0.553. The van der Waals surface area contributed by atoms with E-state index in [-0.39, 0.29) is 0 Å². The van der Waals surface area contributed by atoms with Crippen molar-refractivity contribution < 1.29 is 9.47 Å². The monoisotopic (exact) mass is 258 g/mol. The van der Waals surface area contributed by atoms with Crippen LogP contribution < -0.4 is 9.47 Å². The lowest BCUT2D eigenvalue weighted by Gasteiger charge is -2.20. The highest BCUT2D eigenvalue weighted by Gasteiger charge is 2.17. The molecule has 0 bridgehead atoms. The van der Waals surface area contributed by atoms with Gasteiger partial charge >= 0.3 is 0 Å². The number of rotatable bonds is 1. The highest BCUT2D eigenvalue weighted by atomic mass is 32.1. The maximum absolute atomic E-state index is 9.06. The fraction of sp³-hybridized carbons (Fsp3) is 0.231. The van der Waals surface area contributed by atoms with Crippen LogP contribution in [0.15, 0.2) is 17.6 Å². The molecule has 0 N–H and O–H groups in total. The van der Waals surface area contributed by atoms with Gasteiger partial charge in [0.2, 0.25) is 0 Å². The molecular weight excluding hydrogens is 248 g/mol. The van der Waals surface area contributed by atoms with Gasteiger partial charge in [-0.2, -0.15) is 5.26 Å². The number of benzene rings is 1. The second kappa shape index (κ2) is 4.31. The normalized spacial score (nSPS) is 13.1. The maximum atomic E-state index is 9.06. The number of aryl methyl sites for hydroxylation is 1. The predicted molar refractivity (Wildman–Crippen MR) is 68.0 cm³/mol. The molecule has 0 aliphatic carbocycles. The predicted octanol–water partition coefficient (Wildman–Crippen LogP) is 2.76. The molecule has 5 heteroatoms. The first-order chi connectivity index (χ1) is 8.79. The first-order valence-corrected chi connectivity index (χ1v) is 6.42. The second-order valence-corrected chi connectivity index (χ2v) is 4.81. The minimum Gasteiger partial charge on any atom is -0.486 e. The van der Waals surface area contributed by atoms with E-state index in [1.54, 1.807) is 5.51 Å². The highest BCUT2D eigenvalue weighted by molar-refractivity contribution is 7.10. The van der Waals surface area contributed by atoms with Gasteiger partial charge in [-0.05, 0) is 24.6 Å². The van der Waals surface area contributed by atoms with E-state index >= 15 is 0 Å². The lowest BCUT2D eigenvalue weighted by atomic mass is 10.0. The van der Waals surface area contributed by atoms with Gasteiger partial charge in [0.25, 0.3) is 0 Å². The van der Waals surface area contributed by atoms with Crippen LogP contribution in [0.3, 0.4) is 0 Å². The molecule has 0 saturated heterocycles. The summed E-state index contributed by atoms with van der Waals surface area (Å²) in [6.07, 6.45) is 0. The molecule has 1 aliphatic heterocycles. The van der Waals surface area contributed by atoms with Gasteiger partial charge in [0.1, 0.15) is 24.2 Å². The summed E-state index contributed by atoms with van der Waals surface area (Å²) in [6, 6.07) is 6.00. The molecular formula is C13H10N2O2S. The molecule has 90 valence electrons. The lowest BCUT2D eigenvalue weighted by Crippen LogP contribution is -2.15. The molecule has 1 aromatic carbocycles. The van der Waals surface area contributed by atoms with Gasteiger partial charge in [0.15, 0.2) is 11.5 Å². The summed E-state index contributed by atoms with van der Waals surface area (Å²) in [6.45, 7) is 3.11. The van der Waals surface area contributed by atoms with Crippen LogP contribution in [0.5, 0.6) is 11.5 Å². The average molecular weight is 258 g/mol. The van der Waals surface area contributed by atoms with Crippen molar-refractivity contribution in [2.75, 3.05) is 13.2 Å². The van der Waals surface area contributed by atoms with E-state index in [1.807, 2.05) is 19.1 Å². The third-order valence-corrected chi connectivity index (χ3v) is 3.54. The summed E-state index contributed by atoms with van der Waals surface area (Å²) in [4.78, 5) is 4.89. The van der Waals surface area contributed by atoms with Gasteiger partial charge in [0, 0.05) is 5.56 Å². The summed E-state index contributed by atoms with van der Waals surface area (Å²) >= 11 is 1.35. The highest BCUT2D eigenvalue weighted by Crippen LogP contribution is 2.38. The van der Waals surface area contributed by atoms with Crippen LogP contribution in [-0.2, 0) is 0 Å². The fourth-order valence-corrected chi connectivity index (χ4v) is 2.55. The molecule has 1 aromatic heterocycles. The van der Waals surface area contributed by atoms with Crippen LogP contribution in [0.1, 0.15) is 10.4 Å². The minimum atomic E-state index is 0.553. The number of thiazole rings is 1. The number of hydrogen-bond acceptors (Lipinski definition) is 5. The zero-order chi connectivity index (χ0) is 12.5. The Kier molecular flexibility index (Phi) is 2.65. The quantitative estimate of drug-likeness (QED) is 0.789. The fourth-order valence-electron chi connectivity index (χ4n) is 1.96. The Bertz CT molecular complexity index is 643. The molecule has 18 heavy (non-hydrogen) atoms. The first-order valence-electron chi connectivity index (χ1n) is 5.54. The van der Waals surface area contributed by atoms with E-state index in [0.29, 0.717) is 18.1 Å². The molecule has 2 aromatic rings. The number of aromatic nitrogens is 1. The van der Waals surface area contributed by atoms with Crippen molar-refractivity contribution >= 4 is 11.3 Å². The standard InChI is InChI=1S/C13H10N2O2S/c1-8-4-10-11(17-3-2-16-10)5-9(8)13-12(6-14)18-7-15-13/h4-5,7H,2-3H2,1H3. The summed E-state index contributed by atoms with van der Waals surface area (Å²) in [5.74, 6) is 1.48. The molecule has 0 amide bonds. The van der Waals surface area contributed by atoms with Crippen LogP contribution in [0.25, 0.3) is 11.3 Å². The number of nitrogens with zero attached hydrogens (tertiary/aromatic N) is 2. The number of ether oxygens (including phenoxy) is 2. The van der Waals surface area contributed by atoms with Gasteiger partial charge in [-0.15, -0.1) is 11.3 Å². The van der Waals surface area contributed by atoms with E-state index < -0.39 is 0 Å². The zero-order valence-electron chi connectivity index (χ0n) is 9.77. The van der Waals surface area contributed by atoms with Gasteiger partial charge in [0.05, 0.1) is 11.2 Å². The van der Waals surface area contributed by atoms with Crippen molar-refractivity contribution in [2.24, 2.45) is 0 Å². The number of nitriles is 1. The molecule has 0 spiro atoms. The third kappa shape index (κ3) is 1.71. The molecule has 3 rings (SSSR count). The summed E-state index contributed by atoms with van der Waals surface area (Å²) < 4.78 is 11.1. The average Bonchev–Trinajstić information content (AvgIpc) is 2.86. The van der Waals surface area contributed by atoms with Crippen LogP contribution in [0, 0.1) is 18.3 Å². The van der Waals surface area contributed by atoms with Gasteiger partial charge in [-0.25, -0.2) is 4.98 Å². The maximum Gasteiger partial charge on any atom is 0.162 e. The van der Waals surface area contributed by atoms with E-state index in [9.17, 15) is 0 Å². The van der Waals surface area contributed by atoms with Crippen LogP contribution >= 0.6 is 11.3 Å². The Hall–Kier alpha value is -2.06. The molecule has 4 nitrogen and oxygen atoms in total. The molecule has 0 atom stereocenters. The lowest BCUT2D eigenvalue weighted by molar-refractivity contribution is 0.171. The van der Waals surface area contributed by atoms with Crippen molar-refractivity contribution in [2.45, 2.75) is 6.92 Å². The van der Waals surface area contributed by atoms with Gasteiger partial charge < -0.3 is 9.47 Å². The number of hydrogen-bond donors (Lipinski definition) is 0. The van der Waals surface area contributed by atoms with E-state index in [2.05, 4.69) is 11.1 Å². The molecule has 0 unspecified atom stereocenters. The van der Waals surface area contributed by atoms with Crippen molar-refractivity contribution in [3.8, 4) is 28.8 Å². The van der Waals surface area contributed by atoms with Crippen molar-refractivity contribution in [1.29, 1.82) is 5.26 Å². The van der Waals surface area contributed by atoms with Crippen LogP contribution in [0.2, 0.25) is 0 Å². The van der Waals surface area contributed by atoms with Crippen LogP contribution in [-0.4, -0.2) is 18.2 Å². The largest absolute Gasteiger partial charge is 0.486 e. The Balaban J connectivity index is 2.16. The van der Waals surface area contributed by atoms with Gasteiger partial charge in [-0.3, -0.25) is 0 Å². The Labute approximate surface area is 108 Å². The molecule has 2 heterocycles. The molecule has 0 radical (unpaired) electrons. The smallest absolute Gasteiger partial charge is 0.162 e. The van der Waals surface area contributed by atoms with E-state index in [0.717, 1.165) is 28.3 Å². The van der Waals surface area contributed by atoms with Gasteiger partial charge in [-0.1, -0.05) is 0 Å². The number of fused-ring (bicyclic) bond motifs is 1. The van der Waals surface area contributed by atoms with Crippen molar-refractivity contribution in [3.05, 3.63) is 28.1 Å². The Morgan fingerprint density at radius 1 is 1.28 bits per heavy atom. The summed E-state index contributed by atoms with van der Waals surface area (Å²) in [5, 5.41) is 9.06. The topological polar surface area (TPSA) is 55.1 Å². The first kappa shape index (κ1) is 11.1. The van der Waals surface area contributed by atoms with E-state index in [4.69, 9.17) is 14.7 Å². The van der Waals surface area contributed by atoms with Crippen molar-refractivity contribution in [1.82, 2.24) is 4.98 Å². The molecule has 0 fully saturated rings. The Morgan fingerprint density at radius 3 is 2.72 bits per heavy atom. The van der Waals surface area contributed by atoms with Crippen LogP contribution in [0.4, 0.5) is 0 Å². The Morgan fingerprint density at radius 2 is 2.00 bits per heavy atom. The molecule has 1 aliphatic rings. The van der Waals surface area contributed by atoms with E-state index in [1.165, 1.54) is 11.3 Å². The van der Waals surface area contributed by atoms with Crippen molar-refractivity contribution in [3.63, 3.8) is 0 Å². The summed E-state index contributed by atoms with van der Waals surface area (Å²) in [5.41, 5.74) is 4.36. The second-order valence-electron chi connectivity index (χ2n) is 3.95.